The summed E-state index contributed by atoms with van der Waals surface area (Å²) < 4.78 is 1.90. The van der Waals surface area contributed by atoms with Gasteiger partial charge in [0.05, 0.1) is 17.4 Å². The normalized spacial score (nSPS) is 14.3. The third-order valence-corrected chi connectivity index (χ3v) is 6.33. The van der Waals surface area contributed by atoms with Crippen molar-refractivity contribution >= 4 is 23.4 Å². The zero-order chi connectivity index (χ0) is 21.6. The zero-order valence-corrected chi connectivity index (χ0v) is 18.2. The number of nitrogens with one attached hydrogen (secondary N) is 1. The van der Waals surface area contributed by atoms with Crippen molar-refractivity contribution in [2.45, 2.75) is 31.0 Å². The van der Waals surface area contributed by atoms with E-state index in [1.54, 1.807) is 6.33 Å². The molecule has 31 heavy (non-hydrogen) atoms. The van der Waals surface area contributed by atoms with Crippen molar-refractivity contribution in [3.8, 4) is 11.8 Å². The van der Waals surface area contributed by atoms with Gasteiger partial charge in [-0.1, -0.05) is 29.5 Å². The number of rotatable bonds is 6. The Morgan fingerprint density at radius 2 is 1.81 bits per heavy atom. The van der Waals surface area contributed by atoms with E-state index in [2.05, 4.69) is 26.5 Å². The SMILES string of the molecule is Cc1ccc(-n2cnnc2SCC(=O)NC2CCN(c3ccc(C#N)cc3)CC2)cc1. The smallest absolute Gasteiger partial charge is 0.230 e. The molecule has 3 aromatic rings. The van der Waals surface area contributed by atoms with Gasteiger partial charge in [0.1, 0.15) is 6.33 Å². The van der Waals surface area contributed by atoms with Gasteiger partial charge in [-0.25, -0.2) is 0 Å². The molecular formula is C23H24N6OS. The number of anilines is 1. The Morgan fingerprint density at radius 1 is 1.13 bits per heavy atom. The molecule has 8 heteroatoms. The van der Waals surface area contributed by atoms with Crippen LogP contribution in [0.4, 0.5) is 5.69 Å². The molecule has 2 heterocycles. The molecule has 0 spiro atoms. The summed E-state index contributed by atoms with van der Waals surface area (Å²) in [4.78, 5) is 14.8. The maximum atomic E-state index is 12.5. The third kappa shape index (κ3) is 5.25. The van der Waals surface area contributed by atoms with Gasteiger partial charge in [0, 0.05) is 30.5 Å². The predicted octanol–water partition coefficient (Wildman–Crippen LogP) is 3.32. The fourth-order valence-corrected chi connectivity index (χ4v) is 4.37. The average molecular weight is 433 g/mol. The van der Waals surface area contributed by atoms with Crippen LogP contribution in [0.5, 0.6) is 0 Å². The number of nitrogens with zero attached hydrogens (tertiary/aromatic N) is 5. The Labute approximate surface area is 186 Å². The molecule has 1 amide bonds. The number of nitriles is 1. The summed E-state index contributed by atoms with van der Waals surface area (Å²) in [7, 11) is 0. The number of aryl methyl sites for hydroxylation is 1. The van der Waals surface area contributed by atoms with Crippen molar-refractivity contribution in [1.29, 1.82) is 5.26 Å². The van der Waals surface area contributed by atoms with E-state index in [0.29, 0.717) is 16.5 Å². The predicted molar refractivity (Wildman–Crippen MR) is 121 cm³/mol. The Morgan fingerprint density at radius 3 is 2.48 bits per heavy atom. The van der Waals surface area contributed by atoms with E-state index < -0.39 is 0 Å². The third-order valence-electron chi connectivity index (χ3n) is 5.38. The molecule has 0 atom stereocenters. The minimum atomic E-state index is 0.0141. The summed E-state index contributed by atoms with van der Waals surface area (Å²) in [5, 5.41) is 20.9. The monoisotopic (exact) mass is 432 g/mol. The average Bonchev–Trinajstić information content (AvgIpc) is 3.27. The first-order chi connectivity index (χ1) is 15.1. The second-order valence-corrected chi connectivity index (χ2v) is 8.54. The van der Waals surface area contributed by atoms with Crippen LogP contribution in [0.25, 0.3) is 5.69 Å². The molecule has 0 saturated carbocycles. The highest BCUT2D eigenvalue weighted by Gasteiger charge is 2.21. The molecule has 1 aliphatic rings. The number of hydrogen-bond acceptors (Lipinski definition) is 6. The molecule has 2 aromatic carbocycles. The molecule has 1 aliphatic heterocycles. The molecule has 1 N–H and O–H groups in total. The van der Waals surface area contributed by atoms with Crippen molar-refractivity contribution in [2.75, 3.05) is 23.7 Å². The first kappa shape index (κ1) is 20.9. The lowest BCUT2D eigenvalue weighted by Crippen LogP contribution is -2.45. The van der Waals surface area contributed by atoms with Crippen LogP contribution >= 0.6 is 11.8 Å². The van der Waals surface area contributed by atoms with Crippen LogP contribution in [-0.4, -0.2) is 45.6 Å². The van der Waals surface area contributed by atoms with Crippen molar-refractivity contribution in [3.63, 3.8) is 0 Å². The van der Waals surface area contributed by atoms with Crippen molar-refractivity contribution < 1.29 is 4.79 Å². The number of piperidine rings is 1. The van der Waals surface area contributed by atoms with E-state index >= 15 is 0 Å². The van der Waals surface area contributed by atoms with E-state index in [1.807, 2.05) is 60.0 Å². The summed E-state index contributed by atoms with van der Waals surface area (Å²) in [6, 6.07) is 18.1. The maximum absolute atomic E-state index is 12.5. The van der Waals surface area contributed by atoms with E-state index in [9.17, 15) is 4.79 Å². The van der Waals surface area contributed by atoms with Gasteiger partial charge in [-0.3, -0.25) is 9.36 Å². The second kappa shape index (κ2) is 9.67. The van der Waals surface area contributed by atoms with Gasteiger partial charge in [-0.2, -0.15) is 5.26 Å². The number of benzene rings is 2. The number of amides is 1. The van der Waals surface area contributed by atoms with E-state index in [0.717, 1.165) is 37.3 Å². The maximum Gasteiger partial charge on any atom is 0.230 e. The molecule has 0 radical (unpaired) electrons. The van der Waals surface area contributed by atoms with E-state index in [-0.39, 0.29) is 11.9 Å². The molecular weight excluding hydrogens is 408 g/mol. The minimum Gasteiger partial charge on any atom is -0.371 e. The topological polar surface area (TPSA) is 86.8 Å². The standard InChI is InChI=1S/C23H24N6OS/c1-17-2-6-21(7-3-17)29-16-25-27-23(29)31-15-22(30)26-19-10-12-28(13-11-19)20-8-4-18(14-24)5-9-20/h2-9,16,19H,10-13,15H2,1H3,(H,26,30). The van der Waals surface area contributed by atoms with Gasteiger partial charge in [0.15, 0.2) is 5.16 Å². The van der Waals surface area contributed by atoms with Gasteiger partial charge in [0.25, 0.3) is 0 Å². The van der Waals surface area contributed by atoms with Gasteiger partial charge in [-0.15, -0.1) is 10.2 Å². The van der Waals surface area contributed by atoms with Gasteiger partial charge in [0.2, 0.25) is 5.91 Å². The first-order valence-corrected chi connectivity index (χ1v) is 11.3. The Kier molecular flexibility index (Phi) is 6.53. The van der Waals surface area contributed by atoms with Crippen LogP contribution in [0.2, 0.25) is 0 Å². The Hall–Kier alpha value is -3.31. The van der Waals surface area contributed by atoms with Crippen LogP contribution in [0.3, 0.4) is 0 Å². The van der Waals surface area contributed by atoms with Crippen molar-refractivity contribution in [1.82, 2.24) is 20.1 Å². The molecule has 0 unspecified atom stereocenters. The van der Waals surface area contributed by atoms with Crippen LogP contribution in [0, 0.1) is 18.3 Å². The fourth-order valence-electron chi connectivity index (χ4n) is 3.63. The van der Waals surface area contributed by atoms with Crippen molar-refractivity contribution in [2.24, 2.45) is 0 Å². The molecule has 1 saturated heterocycles. The lowest BCUT2D eigenvalue weighted by Gasteiger charge is -2.34. The van der Waals surface area contributed by atoms with Gasteiger partial charge in [-0.05, 0) is 56.2 Å². The molecule has 1 fully saturated rings. The van der Waals surface area contributed by atoms with Gasteiger partial charge < -0.3 is 10.2 Å². The van der Waals surface area contributed by atoms with E-state index in [4.69, 9.17) is 5.26 Å². The van der Waals surface area contributed by atoms with E-state index in [1.165, 1.54) is 17.3 Å². The zero-order valence-electron chi connectivity index (χ0n) is 17.4. The van der Waals surface area contributed by atoms with Gasteiger partial charge >= 0.3 is 0 Å². The molecule has 4 rings (SSSR count). The highest BCUT2D eigenvalue weighted by molar-refractivity contribution is 7.99. The molecule has 158 valence electrons. The number of thioether (sulfide) groups is 1. The molecule has 0 bridgehead atoms. The second-order valence-electron chi connectivity index (χ2n) is 7.60. The molecule has 1 aromatic heterocycles. The van der Waals surface area contributed by atoms with Crippen molar-refractivity contribution in [3.05, 3.63) is 66.0 Å². The van der Waals surface area contributed by atoms with Crippen LogP contribution in [0.15, 0.2) is 60.0 Å². The highest BCUT2D eigenvalue weighted by Crippen LogP contribution is 2.22. The lowest BCUT2D eigenvalue weighted by atomic mass is 10.0. The number of carbonyl (C=O) groups is 1. The molecule has 7 nitrogen and oxygen atoms in total. The summed E-state index contributed by atoms with van der Waals surface area (Å²) in [6.45, 7) is 3.81. The summed E-state index contributed by atoms with van der Waals surface area (Å²) in [5.41, 5.74) is 3.96. The minimum absolute atomic E-state index is 0.0141. The Bertz CT molecular complexity index is 1060. The summed E-state index contributed by atoms with van der Waals surface area (Å²) in [5.74, 6) is 0.320. The van der Waals surface area contributed by atoms with Crippen LogP contribution in [-0.2, 0) is 4.79 Å². The summed E-state index contributed by atoms with van der Waals surface area (Å²) >= 11 is 1.39. The highest BCUT2D eigenvalue weighted by atomic mass is 32.2. The number of aromatic nitrogens is 3. The summed E-state index contributed by atoms with van der Waals surface area (Å²) in [6.07, 6.45) is 3.47. The van der Waals surface area contributed by atoms with Crippen LogP contribution < -0.4 is 10.2 Å². The number of carbonyl (C=O) groups excluding carboxylic acids is 1. The first-order valence-electron chi connectivity index (χ1n) is 10.3. The Balaban J connectivity index is 1.25. The number of hydrogen-bond donors (Lipinski definition) is 1. The molecule has 0 aliphatic carbocycles. The van der Waals surface area contributed by atoms with Crippen LogP contribution in [0.1, 0.15) is 24.0 Å². The quantitative estimate of drug-likeness (QED) is 0.601. The largest absolute Gasteiger partial charge is 0.371 e. The fraction of sp³-hybridized carbons (Fsp3) is 0.304. The lowest BCUT2D eigenvalue weighted by molar-refractivity contribution is -0.119.